The molecule has 0 aliphatic carbocycles. The average molecular weight is 315 g/mol. The maximum absolute atomic E-state index is 12.5. The highest BCUT2D eigenvalue weighted by molar-refractivity contribution is 5.85. The number of rotatable bonds is 4. The fraction of sp³-hybridized carbons (Fsp3) is 0.556. The van der Waals surface area contributed by atoms with E-state index in [1.165, 1.54) is 0 Å². The molecule has 1 aromatic rings. The maximum atomic E-state index is 12.5. The minimum absolute atomic E-state index is 0.0832. The van der Waals surface area contributed by atoms with Crippen LogP contribution in [0.4, 0.5) is 5.69 Å². The lowest BCUT2D eigenvalue weighted by Gasteiger charge is -2.35. The van der Waals surface area contributed by atoms with Crippen LogP contribution < -0.4 is 5.32 Å². The van der Waals surface area contributed by atoms with Crippen molar-refractivity contribution in [2.24, 2.45) is 0 Å². The summed E-state index contributed by atoms with van der Waals surface area (Å²) in [6, 6.07) is 10.4. The summed E-state index contributed by atoms with van der Waals surface area (Å²) >= 11 is 0. The lowest BCUT2D eigenvalue weighted by Crippen LogP contribution is -2.50. The summed E-state index contributed by atoms with van der Waals surface area (Å²) in [7, 11) is 0. The molecular weight excluding hydrogens is 290 g/mol. The molecule has 2 aliphatic heterocycles. The summed E-state index contributed by atoms with van der Waals surface area (Å²) in [4.78, 5) is 28.0. The van der Waals surface area contributed by atoms with Gasteiger partial charge in [-0.25, -0.2) is 0 Å². The van der Waals surface area contributed by atoms with Crippen LogP contribution in [-0.2, 0) is 9.59 Å². The van der Waals surface area contributed by atoms with E-state index < -0.39 is 0 Å². The molecule has 1 atom stereocenters. The van der Waals surface area contributed by atoms with E-state index in [1.807, 2.05) is 35.2 Å². The predicted molar refractivity (Wildman–Crippen MR) is 90.1 cm³/mol. The molecule has 0 saturated carbocycles. The largest absolute Gasteiger partial charge is 0.381 e. The van der Waals surface area contributed by atoms with Gasteiger partial charge in [0.2, 0.25) is 11.8 Å². The van der Waals surface area contributed by atoms with E-state index in [4.69, 9.17) is 0 Å². The third-order valence-electron chi connectivity index (χ3n) is 4.67. The van der Waals surface area contributed by atoms with E-state index in [0.717, 1.165) is 51.0 Å². The van der Waals surface area contributed by atoms with Gasteiger partial charge < -0.3 is 15.1 Å². The van der Waals surface area contributed by atoms with Crippen LogP contribution in [0.15, 0.2) is 30.3 Å². The molecule has 2 aliphatic rings. The van der Waals surface area contributed by atoms with Crippen molar-refractivity contribution in [1.82, 2.24) is 9.80 Å². The van der Waals surface area contributed by atoms with E-state index >= 15 is 0 Å². The van der Waals surface area contributed by atoms with Gasteiger partial charge in [-0.15, -0.1) is 0 Å². The zero-order chi connectivity index (χ0) is 16.1. The van der Waals surface area contributed by atoms with Gasteiger partial charge in [0.05, 0.1) is 6.54 Å². The Morgan fingerprint density at radius 1 is 1.13 bits per heavy atom. The number of nitrogens with zero attached hydrogens (tertiary/aromatic N) is 2. The van der Waals surface area contributed by atoms with Crippen LogP contribution in [0.25, 0.3) is 0 Å². The number of carbonyl (C=O) groups excluding carboxylic acids is 2. The fourth-order valence-electron chi connectivity index (χ4n) is 3.38. The number of benzene rings is 1. The van der Waals surface area contributed by atoms with E-state index in [9.17, 15) is 9.59 Å². The lowest BCUT2D eigenvalue weighted by atomic mass is 10.0. The molecule has 5 nitrogen and oxygen atoms in total. The van der Waals surface area contributed by atoms with Crippen molar-refractivity contribution in [1.29, 1.82) is 0 Å². The second-order valence-electron chi connectivity index (χ2n) is 6.46. The topological polar surface area (TPSA) is 52.7 Å². The zero-order valence-electron chi connectivity index (χ0n) is 13.5. The molecule has 5 heteroatoms. The van der Waals surface area contributed by atoms with Gasteiger partial charge in [-0.05, 0) is 37.8 Å². The van der Waals surface area contributed by atoms with Crippen LogP contribution in [0.5, 0.6) is 0 Å². The molecule has 0 spiro atoms. The summed E-state index contributed by atoms with van der Waals surface area (Å²) in [6.45, 7) is 2.49. The quantitative estimate of drug-likeness (QED) is 0.926. The highest BCUT2D eigenvalue weighted by atomic mass is 16.2. The molecule has 1 unspecified atom stereocenters. The Labute approximate surface area is 137 Å². The molecule has 2 heterocycles. The molecular formula is C18H25N3O2. The van der Waals surface area contributed by atoms with Gasteiger partial charge in [-0.1, -0.05) is 18.2 Å². The predicted octanol–water partition coefficient (Wildman–Crippen LogP) is 2.10. The first-order valence-corrected chi connectivity index (χ1v) is 8.59. The highest BCUT2D eigenvalue weighted by Gasteiger charge is 2.27. The molecule has 23 heavy (non-hydrogen) atoms. The molecule has 0 radical (unpaired) electrons. The van der Waals surface area contributed by atoms with Crippen molar-refractivity contribution in [3.8, 4) is 0 Å². The second-order valence-corrected chi connectivity index (χ2v) is 6.46. The van der Waals surface area contributed by atoms with Crippen LogP contribution in [0.3, 0.4) is 0 Å². The zero-order valence-corrected chi connectivity index (χ0v) is 13.5. The highest BCUT2D eigenvalue weighted by Crippen LogP contribution is 2.17. The van der Waals surface area contributed by atoms with Gasteiger partial charge in [-0.3, -0.25) is 9.59 Å². The summed E-state index contributed by atoms with van der Waals surface area (Å²) in [5.74, 6) is 0.209. The van der Waals surface area contributed by atoms with Crippen LogP contribution >= 0.6 is 0 Å². The van der Waals surface area contributed by atoms with E-state index in [1.54, 1.807) is 4.90 Å². The van der Waals surface area contributed by atoms with Gasteiger partial charge in [0.15, 0.2) is 0 Å². The van der Waals surface area contributed by atoms with E-state index in [0.29, 0.717) is 6.42 Å². The summed E-state index contributed by atoms with van der Waals surface area (Å²) in [6.07, 6.45) is 4.63. The van der Waals surface area contributed by atoms with Crippen molar-refractivity contribution >= 4 is 17.5 Å². The van der Waals surface area contributed by atoms with Crippen molar-refractivity contribution in [2.75, 3.05) is 31.5 Å². The number of hydrogen-bond acceptors (Lipinski definition) is 3. The van der Waals surface area contributed by atoms with Crippen molar-refractivity contribution < 1.29 is 9.59 Å². The van der Waals surface area contributed by atoms with Crippen molar-refractivity contribution in [3.63, 3.8) is 0 Å². The summed E-state index contributed by atoms with van der Waals surface area (Å²) < 4.78 is 0. The molecule has 1 aromatic carbocycles. The number of hydrogen-bond donors (Lipinski definition) is 1. The van der Waals surface area contributed by atoms with Gasteiger partial charge in [0.1, 0.15) is 0 Å². The van der Waals surface area contributed by atoms with Crippen LogP contribution in [-0.4, -0.2) is 53.8 Å². The standard InChI is InChI=1S/C18H25N3O2/c22-17-10-4-5-11-21(17)14-18(23)20-12-6-9-16(13-20)19-15-7-2-1-3-8-15/h1-3,7-8,16,19H,4-6,9-14H2. The molecule has 0 aromatic heterocycles. The smallest absolute Gasteiger partial charge is 0.242 e. The van der Waals surface area contributed by atoms with Crippen LogP contribution in [0.1, 0.15) is 32.1 Å². The third-order valence-corrected chi connectivity index (χ3v) is 4.67. The molecule has 124 valence electrons. The number of likely N-dealkylation sites (tertiary alicyclic amines) is 2. The summed E-state index contributed by atoms with van der Waals surface area (Å²) in [5.41, 5.74) is 1.10. The number of carbonyl (C=O) groups is 2. The Morgan fingerprint density at radius 2 is 1.96 bits per heavy atom. The Kier molecular flexibility index (Phi) is 5.16. The molecule has 0 bridgehead atoms. The molecule has 1 N–H and O–H groups in total. The molecule has 2 saturated heterocycles. The normalized spacial score (nSPS) is 22.1. The van der Waals surface area contributed by atoms with Crippen LogP contribution in [0, 0.1) is 0 Å². The Morgan fingerprint density at radius 3 is 2.74 bits per heavy atom. The third kappa shape index (κ3) is 4.24. The number of anilines is 1. The van der Waals surface area contributed by atoms with Gasteiger partial charge >= 0.3 is 0 Å². The lowest BCUT2D eigenvalue weighted by molar-refractivity contribution is -0.142. The Hall–Kier alpha value is -2.04. The first kappa shape index (κ1) is 15.8. The van der Waals surface area contributed by atoms with E-state index in [2.05, 4.69) is 5.32 Å². The molecule has 3 rings (SSSR count). The minimum Gasteiger partial charge on any atom is -0.381 e. The fourth-order valence-corrected chi connectivity index (χ4v) is 3.38. The summed E-state index contributed by atoms with van der Waals surface area (Å²) in [5, 5.41) is 3.50. The number of piperidine rings is 2. The van der Waals surface area contributed by atoms with Crippen molar-refractivity contribution in [2.45, 2.75) is 38.1 Å². The van der Waals surface area contributed by atoms with E-state index in [-0.39, 0.29) is 24.4 Å². The van der Waals surface area contributed by atoms with Crippen LogP contribution in [0.2, 0.25) is 0 Å². The first-order chi connectivity index (χ1) is 11.2. The molecule has 2 fully saturated rings. The Bertz CT molecular complexity index is 546. The second kappa shape index (κ2) is 7.49. The number of para-hydroxylation sites is 1. The first-order valence-electron chi connectivity index (χ1n) is 8.59. The average Bonchev–Trinajstić information content (AvgIpc) is 2.58. The van der Waals surface area contributed by atoms with Gasteiger partial charge in [-0.2, -0.15) is 0 Å². The van der Waals surface area contributed by atoms with Crippen molar-refractivity contribution in [3.05, 3.63) is 30.3 Å². The Balaban J connectivity index is 1.53. The number of amides is 2. The van der Waals surface area contributed by atoms with Gasteiger partial charge in [0, 0.05) is 37.8 Å². The van der Waals surface area contributed by atoms with Gasteiger partial charge in [0.25, 0.3) is 0 Å². The monoisotopic (exact) mass is 315 g/mol. The maximum Gasteiger partial charge on any atom is 0.242 e. The number of nitrogens with one attached hydrogen (secondary N) is 1. The SMILES string of the molecule is O=C1CCCCN1CC(=O)N1CCCC(Nc2ccccc2)C1. The molecule has 2 amide bonds. The minimum atomic E-state index is 0.0832.